The second-order valence-corrected chi connectivity index (χ2v) is 9.41. The van der Waals surface area contributed by atoms with E-state index in [4.69, 9.17) is 4.98 Å². The third kappa shape index (κ3) is 6.29. The first-order valence-corrected chi connectivity index (χ1v) is 12.3. The summed E-state index contributed by atoms with van der Waals surface area (Å²) in [7, 11) is 2.14. The van der Waals surface area contributed by atoms with E-state index in [2.05, 4.69) is 44.3 Å². The van der Waals surface area contributed by atoms with Gasteiger partial charge in [0.2, 0.25) is 5.95 Å². The summed E-state index contributed by atoms with van der Waals surface area (Å²) < 4.78 is 37.2. The number of amides is 1. The lowest BCUT2D eigenvalue weighted by molar-refractivity contribution is -0.123. The number of carbonyl (C=O) groups is 1. The molecule has 8 nitrogen and oxygen atoms in total. The zero-order chi connectivity index (χ0) is 26.7. The fourth-order valence-corrected chi connectivity index (χ4v) is 4.37. The molecule has 0 aliphatic carbocycles. The molecule has 2 aromatic heterocycles. The zero-order valence-corrected chi connectivity index (χ0v) is 20.8. The van der Waals surface area contributed by atoms with Crippen molar-refractivity contribution < 1.29 is 18.0 Å². The van der Waals surface area contributed by atoms with Crippen LogP contribution in [0.1, 0.15) is 15.9 Å². The Kier molecular flexibility index (Phi) is 7.30. The first kappa shape index (κ1) is 25.7. The highest BCUT2D eigenvalue weighted by molar-refractivity contribution is 5.96. The van der Waals surface area contributed by atoms with E-state index < -0.39 is 18.6 Å². The number of hydrogen-bond acceptors (Lipinski definition) is 6. The van der Waals surface area contributed by atoms with Gasteiger partial charge in [-0.05, 0) is 42.9 Å². The maximum Gasteiger partial charge on any atom is 0.405 e. The van der Waals surface area contributed by atoms with E-state index in [-0.39, 0.29) is 5.56 Å². The number of nitrogens with one attached hydrogen (secondary N) is 3. The van der Waals surface area contributed by atoms with E-state index in [1.54, 1.807) is 18.3 Å². The van der Waals surface area contributed by atoms with Gasteiger partial charge in [-0.3, -0.25) is 9.69 Å². The Bertz CT molecular complexity index is 1390. The Morgan fingerprint density at radius 2 is 1.68 bits per heavy atom. The van der Waals surface area contributed by atoms with Gasteiger partial charge < -0.3 is 20.5 Å². The SMILES string of the molecule is CN1CCN(Cc2ccc(Nc3nc(-c4ccc(C(=O)NCC(F)(F)F)cc4)c4cc[nH]c4n3)cc2)CC1. The van der Waals surface area contributed by atoms with Gasteiger partial charge in [-0.15, -0.1) is 0 Å². The molecule has 1 fully saturated rings. The highest BCUT2D eigenvalue weighted by atomic mass is 19.4. The first-order chi connectivity index (χ1) is 18.2. The van der Waals surface area contributed by atoms with E-state index in [0.29, 0.717) is 22.9 Å². The lowest BCUT2D eigenvalue weighted by Gasteiger charge is -2.32. The van der Waals surface area contributed by atoms with Crippen LogP contribution in [0.3, 0.4) is 0 Å². The number of aromatic amines is 1. The third-order valence-electron chi connectivity index (χ3n) is 6.50. The van der Waals surface area contributed by atoms with Crippen LogP contribution in [0.25, 0.3) is 22.3 Å². The molecule has 3 N–H and O–H groups in total. The van der Waals surface area contributed by atoms with Gasteiger partial charge in [0, 0.05) is 61.1 Å². The second-order valence-electron chi connectivity index (χ2n) is 9.41. The second kappa shape index (κ2) is 10.8. The molecule has 1 aliphatic heterocycles. The molecule has 1 amide bonds. The number of alkyl halides is 3. The number of halogens is 3. The van der Waals surface area contributed by atoms with Crippen molar-refractivity contribution in [3.05, 3.63) is 71.9 Å². The van der Waals surface area contributed by atoms with E-state index in [1.807, 2.05) is 23.5 Å². The van der Waals surface area contributed by atoms with Crippen LogP contribution in [-0.4, -0.2) is 76.6 Å². The molecule has 4 aromatic rings. The number of rotatable bonds is 7. The summed E-state index contributed by atoms with van der Waals surface area (Å²) in [6, 6.07) is 16.3. The minimum absolute atomic E-state index is 0.132. The largest absolute Gasteiger partial charge is 0.405 e. The third-order valence-corrected chi connectivity index (χ3v) is 6.50. The van der Waals surface area contributed by atoms with Crippen molar-refractivity contribution in [3.8, 4) is 11.3 Å². The molecule has 0 atom stereocenters. The van der Waals surface area contributed by atoms with Gasteiger partial charge in [0.1, 0.15) is 12.2 Å². The summed E-state index contributed by atoms with van der Waals surface area (Å²) in [4.78, 5) is 29.2. The predicted molar refractivity (Wildman–Crippen MR) is 140 cm³/mol. The summed E-state index contributed by atoms with van der Waals surface area (Å²) in [6.45, 7) is 3.80. The first-order valence-electron chi connectivity index (χ1n) is 12.3. The number of anilines is 2. The summed E-state index contributed by atoms with van der Waals surface area (Å²) in [6.07, 6.45) is -2.70. The molecule has 0 unspecified atom stereocenters. The number of likely N-dealkylation sites (N-methyl/N-ethyl adjacent to an activating group) is 1. The lowest BCUT2D eigenvalue weighted by atomic mass is 10.1. The van der Waals surface area contributed by atoms with Gasteiger partial charge >= 0.3 is 6.18 Å². The van der Waals surface area contributed by atoms with Crippen molar-refractivity contribution in [3.63, 3.8) is 0 Å². The van der Waals surface area contributed by atoms with Crippen LogP contribution in [-0.2, 0) is 6.54 Å². The van der Waals surface area contributed by atoms with Gasteiger partial charge in [0.25, 0.3) is 5.91 Å². The monoisotopic (exact) mass is 523 g/mol. The number of piperazine rings is 1. The van der Waals surface area contributed by atoms with Crippen molar-refractivity contribution in [1.82, 2.24) is 30.1 Å². The average molecular weight is 524 g/mol. The maximum absolute atomic E-state index is 12.4. The number of benzene rings is 2. The number of hydrogen-bond donors (Lipinski definition) is 3. The van der Waals surface area contributed by atoms with E-state index in [1.165, 1.54) is 17.7 Å². The topological polar surface area (TPSA) is 89.2 Å². The van der Waals surface area contributed by atoms with Gasteiger partial charge in [-0.1, -0.05) is 24.3 Å². The number of aromatic nitrogens is 3. The van der Waals surface area contributed by atoms with Crippen molar-refractivity contribution in [2.75, 3.05) is 45.1 Å². The van der Waals surface area contributed by atoms with Crippen molar-refractivity contribution >= 4 is 28.6 Å². The van der Waals surface area contributed by atoms with Crippen LogP contribution in [0.2, 0.25) is 0 Å². The zero-order valence-electron chi connectivity index (χ0n) is 20.8. The van der Waals surface area contributed by atoms with Gasteiger partial charge in [0.05, 0.1) is 5.69 Å². The minimum Gasteiger partial charge on any atom is -0.346 e. The van der Waals surface area contributed by atoms with Crippen LogP contribution in [0.5, 0.6) is 0 Å². The van der Waals surface area contributed by atoms with Crippen LogP contribution in [0.15, 0.2) is 60.8 Å². The van der Waals surface area contributed by atoms with E-state index >= 15 is 0 Å². The van der Waals surface area contributed by atoms with Crippen molar-refractivity contribution in [2.45, 2.75) is 12.7 Å². The number of fused-ring (bicyclic) bond motifs is 1. The number of carbonyl (C=O) groups excluding carboxylic acids is 1. The molecule has 1 aliphatic rings. The normalized spacial score (nSPS) is 15.1. The summed E-state index contributed by atoms with van der Waals surface area (Å²) in [5.41, 5.74) is 4.19. The van der Waals surface area contributed by atoms with Crippen LogP contribution < -0.4 is 10.6 Å². The quantitative estimate of drug-likeness (QED) is 0.333. The smallest absolute Gasteiger partial charge is 0.346 e. The summed E-state index contributed by atoms with van der Waals surface area (Å²) in [5.74, 6) is -0.393. The predicted octanol–water partition coefficient (Wildman–Crippen LogP) is 4.41. The molecule has 198 valence electrons. The summed E-state index contributed by atoms with van der Waals surface area (Å²) in [5, 5.41) is 5.92. The Morgan fingerprint density at radius 1 is 0.974 bits per heavy atom. The fourth-order valence-electron chi connectivity index (χ4n) is 4.37. The van der Waals surface area contributed by atoms with E-state index in [9.17, 15) is 18.0 Å². The van der Waals surface area contributed by atoms with Crippen LogP contribution in [0, 0.1) is 0 Å². The molecule has 38 heavy (non-hydrogen) atoms. The molecule has 0 saturated carbocycles. The molecule has 3 heterocycles. The van der Waals surface area contributed by atoms with Gasteiger partial charge in [0.15, 0.2) is 0 Å². The Morgan fingerprint density at radius 3 is 2.37 bits per heavy atom. The fraction of sp³-hybridized carbons (Fsp3) is 0.296. The molecule has 0 radical (unpaired) electrons. The molecule has 2 aromatic carbocycles. The Hall–Kier alpha value is -3.96. The van der Waals surface area contributed by atoms with Crippen LogP contribution >= 0.6 is 0 Å². The van der Waals surface area contributed by atoms with Crippen molar-refractivity contribution in [1.29, 1.82) is 0 Å². The minimum atomic E-state index is -4.47. The Balaban J connectivity index is 1.30. The molecule has 0 bridgehead atoms. The van der Waals surface area contributed by atoms with Gasteiger partial charge in [-0.25, -0.2) is 4.98 Å². The van der Waals surface area contributed by atoms with Crippen molar-refractivity contribution in [2.24, 2.45) is 0 Å². The van der Waals surface area contributed by atoms with Gasteiger partial charge in [-0.2, -0.15) is 18.2 Å². The lowest BCUT2D eigenvalue weighted by Crippen LogP contribution is -2.43. The summed E-state index contributed by atoms with van der Waals surface area (Å²) >= 11 is 0. The van der Waals surface area contributed by atoms with E-state index in [0.717, 1.165) is 43.8 Å². The highest BCUT2D eigenvalue weighted by Gasteiger charge is 2.28. The molecule has 0 spiro atoms. The number of nitrogens with zero attached hydrogens (tertiary/aromatic N) is 4. The highest BCUT2D eigenvalue weighted by Crippen LogP contribution is 2.28. The number of H-pyrrole nitrogens is 1. The molecule has 5 rings (SSSR count). The molecule has 11 heteroatoms. The molecular formula is C27H28F3N7O. The molecule has 1 saturated heterocycles. The average Bonchev–Trinajstić information content (AvgIpc) is 3.38. The standard InChI is InChI=1S/C27H28F3N7O/c1-36-12-14-37(15-13-36)16-18-2-8-21(9-3-18)33-26-34-23(22-10-11-31-24(22)35-26)19-4-6-20(7-5-19)25(38)32-17-27(28,29)30/h2-11H,12-17H2,1H3,(H,32,38)(H2,31,33,34,35). The molecular weight excluding hydrogens is 495 g/mol. The maximum atomic E-state index is 12.4. The van der Waals surface area contributed by atoms with Crippen LogP contribution in [0.4, 0.5) is 24.8 Å². The Labute approximate surface area is 217 Å².